The van der Waals surface area contributed by atoms with Crippen LogP contribution in [0.1, 0.15) is 11.1 Å². The summed E-state index contributed by atoms with van der Waals surface area (Å²) in [7, 11) is 0. The van der Waals surface area contributed by atoms with Crippen LogP contribution in [0.2, 0.25) is 0 Å². The van der Waals surface area contributed by atoms with E-state index in [1.54, 1.807) is 0 Å². The number of aliphatic hydroxyl groups excluding tert-OH is 1. The number of aliphatic hydroxyl groups is 1. The summed E-state index contributed by atoms with van der Waals surface area (Å²) in [4.78, 5) is 19.2. The van der Waals surface area contributed by atoms with Crippen molar-refractivity contribution >= 4 is 21.6 Å². The SMILES string of the molecule is Cc1ccc(OCC(O)Cn2cnc3sc(-c4ccccc4)c(C)c3c2=O)cc1. The first kappa shape index (κ1) is 19.4. The quantitative estimate of drug-likeness (QED) is 0.522. The van der Waals surface area contributed by atoms with Crippen molar-refractivity contribution in [3.8, 4) is 16.2 Å². The Hall–Kier alpha value is -2.96. The molecule has 148 valence electrons. The number of aryl methyl sites for hydroxylation is 2. The summed E-state index contributed by atoms with van der Waals surface area (Å²) in [6, 6.07) is 17.6. The van der Waals surface area contributed by atoms with E-state index in [4.69, 9.17) is 4.74 Å². The van der Waals surface area contributed by atoms with Crippen molar-refractivity contribution in [2.45, 2.75) is 26.5 Å². The van der Waals surface area contributed by atoms with E-state index in [2.05, 4.69) is 4.98 Å². The molecule has 0 aliphatic rings. The fraction of sp³-hybridized carbons (Fsp3) is 0.217. The lowest BCUT2D eigenvalue weighted by Crippen LogP contribution is -2.30. The molecular weight excluding hydrogens is 384 g/mol. The predicted molar refractivity (Wildman–Crippen MR) is 117 cm³/mol. The van der Waals surface area contributed by atoms with E-state index in [1.807, 2.05) is 68.4 Å². The third-order valence-electron chi connectivity index (χ3n) is 4.82. The van der Waals surface area contributed by atoms with Gasteiger partial charge in [-0.15, -0.1) is 11.3 Å². The lowest BCUT2D eigenvalue weighted by molar-refractivity contribution is 0.0915. The maximum atomic E-state index is 13.0. The van der Waals surface area contributed by atoms with Crippen LogP contribution in [-0.4, -0.2) is 27.4 Å². The molecule has 0 saturated carbocycles. The van der Waals surface area contributed by atoms with Crippen LogP contribution in [0.25, 0.3) is 20.7 Å². The van der Waals surface area contributed by atoms with Crippen LogP contribution in [0, 0.1) is 13.8 Å². The predicted octanol–water partition coefficient (Wildman–Crippen LogP) is 4.18. The Morgan fingerprint density at radius 1 is 1.10 bits per heavy atom. The summed E-state index contributed by atoms with van der Waals surface area (Å²) in [5, 5.41) is 11.0. The van der Waals surface area contributed by atoms with Crippen molar-refractivity contribution in [3.63, 3.8) is 0 Å². The monoisotopic (exact) mass is 406 g/mol. The van der Waals surface area contributed by atoms with Crippen molar-refractivity contribution in [1.82, 2.24) is 9.55 Å². The first-order valence-corrected chi connectivity index (χ1v) is 10.3. The number of thiophene rings is 1. The molecule has 0 saturated heterocycles. The summed E-state index contributed by atoms with van der Waals surface area (Å²) in [6.45, 7) is 4.18. The lowest BCUT2D eigenvalue weighted by Gasteiger charge is -2.14. The van der Waals surface area contributed by atoms with Crippen molar-refractivity contribution in [2.24, 2.45) is 0 Å². The zero-order chi connectivity index (χ0) is 20.4. The molecule has 0 radical (unpaired) electrons. The van der Waals surface area contributed by atoms with Crippen molar-refractivity contribution in [1.29, 1.82) is 0 Å². The summed E-state index contributed by atoms with van der Waals surface area (Å²) in [5.74, 6) is 0.691. The van der Waals surface area contributed by atoms with Gasteiger partial charge in [0.25, 0.3) is 5.56 Å². The molecule has 5 nitrogen and oxygen atoms in total. The van der Waals surface area contributed by atoms with Gasteiger partial charge in [-0.3, -0.25) is 9.36 Å². The topological polar surface area (TPSA) is 64.3 Å². The second kappa shape index (κ2) is 8.19. The average Bonchev–Trinajstić information content (AvgIpc) is 3.07. The molecule has 0 aliphatic carbocycles. The first-order valence-electron chi connectivity index (χ1n) is 9.44. The van der Waals surface area contributed by atoms with Crippen LogP contribution in [0.3, 0.4) is 0 Å². The molecule has 29 heavy (non-hydrogen) atoms. The van der Waals surface area contributed by atoms with Crippen molar-refractivity contribution in [2.75, 3.05) is 6.61 Å². The van der Waals surface area contributed by atoms with Crippen molar-refractivity contribution in [3.05, 3.63) is 82.4 Å². The summed E-state index contributed by atoms with van der Waals surface area (Å²) in [6.07, 6.45) is 0.686. The molecule has 1 unspecified atom stereocenters. The minimum absolute atomic E-state index is 0.103. The number of benzene rings is 2. The molecule has 0 fully saturated rings. The van der Waals surface area contributed by atoms with E-state index in [1.165, 1.54) is 22.2 Å². The zero-order valence-corrected chi connectivity index (χ0v) is 17.1. The number of fused-ring (bicyclic) bond motifs is 1. The van der Waals surface area contributed by atoms with Gasteiger partial charge >= 0.3 is 0 Å². The number of aromatic nitrogens is 2. The molecule has 0 spiro atoms. The minimum atomic E-state index is -0.819. The number of hydrogen-bond acceptors (Lipinski definition) is 5. The second-order valence-corrected chi connectivity index (χ2v) is 8.08. The highest BCUT2D eigenvalue weighted by molar-refractivity contribution is 7.22. The fourth-order valence-electron chi connectivity index (χ4n) is 3.26. The Kier molecular flexibility index (Phi) is 5.47. The highest BCUT2D eigenvalue weighted by Crippen LogP contribution is 2.35. The summed E-state index contributed by atoms with van der Waals surface area (Å²) < 4.78 is 7.08. The van der Waals surface area contributed by atoms with Gasteiger partial charge in [0.15, 0.2) is 0 Å². The van der Waals surface area contributed by atoms with Gasteiger partial charge in [-0.25, -0.2) is 4.98 Å². The van der Waals surface area contributed by atoms with Crippen LogP contribution in [-0.2, 0) is 6.54 Å². The molecule has 4 aromatic rings. The average molecular weight is 407 g/mol. The first-order chi connectivity index (χ1) is 14.0. The second-order valence-electron chi connectivity index (χ2n) is 7.08. The number of rotatable bonds is 6. The molecule has 4 rings (SSSR count). The third kappa shape index (κ3) is 4.09. The van der Waals surface area contributed by atoms with E-state index in [0.29, 0.717) is 16.0 Å². The standard InChI is InChI=1S/C23H22N2O3S/c1-15-8-10-19(11-9-15)28-13-18(26)12-25-14-24-22-20(23(25)27)16(2)21(29-22)17-6-4-3-5-7-17/h3-11,14,18,26H,12-13H2,1-2H3. The van der Waals surface area contributed by atoms with Gasteiger partial charge in [-0.1, -0.05) is 48.0 Å². The van der Waals surface area contributed by atoms with Crippen molar-refractivity contribution < 1.29 is 9.84 Å². The highest BCUT2D eigenvalue weighted by Gasteiger charge is 2.17. The molecule has 1 atom stereocenters. The number of hydrogen-bond donors (Lipinski definition) is 1. The summed E-state index contributed by atoms with van der Waals surface area (Å²) in [5.41, 5.74) is 3.00. The van der Waals surface area contributed by atoms with E-state index >= 15 is 0 Å². The molecule has 1 N–H and O–H groups in total. The maximum absolute atomic E-state index is 13.0. The van der Waals surface area contributed by atoms with Crippen LogP contribution >= 0.6 is 11.3 Å². The van der Waals surface area contributed by atoms with Gasteiger partial charge in [0.2, 0.25) is 0 Å². The Morgan fingerprint density at radius 2 is 1.83 bits per heavy atom. The summed E-state index contributed by atoms with van der Waals surface area (Å²) >= 11 is 1.52. The highest BCUT2D eigenvalue weighted by atomic mass is 32.1. The van der Waals surface area contributed by atoms with Gasteiger partial charge in [0.1, 0.15) is 23.3 Å². The van der Waals surface area contributed by atoms with Crippen LogP contribution in [0.5, 0.6) is 5.75 Å². The molecule has 2 aromatic heterocycles. The van der Waals surface area contributed by atoms with E-state index in [0.717, 1.165) is 21.6 Å². The molecular formula is C23H22N2O3S. The van der Waals surface area contributed by atoms with Gasteiger partial charge in [-0.05, 0) is 37.1 Å². The smallest absolute Gasteiger partial charge is 0.262 e. The third-order valence-corrected chi connectivity index (χ3v) is 6.07. The van der Waals surface area contributed by atoms with Gasteiger partial charge in [0, 0.05) is 4.88 Å². The van der Waals surface area contributed by atoms with Crippen LogP contribution < -0.4 is 10.3 Å². The van der Waals surface area contributed by atoms with Gasteiger partial charge in [-0.2, -0.15) is 0 Å². The molecule has 2 heterocycles. The Labute approximate surface area is 172 Å². The molecule has 6 heteroatoms. The van der Waals surface area contributed by atoms with Gasteiger partial charge < -0.3 is 9.84 Å². The van der Waals surface area contributed by atoms with E-state index in [9.17, 15) is 9.90 Å². The van der Waals surface area contributed by atoms with E-state index < -0.39 is 6.10 Å². The normalized spacial score (nSPS) is 12.2. The van der Waals surface area contributed by atoms with Crippen LogP contribution in [0.15, 0.2) is 65.7 Å². The fourth-order valence-corrected chi connectivity index (χ4v) is 4.41. The van der Waals surface area contributed by atoms with E-state index in [-0.39, 0.29) is 18.7 Å². The molecule has 2 aromatic carbocycles. The number of ether oxygens (including phenoxy) is 1. The molecule has 0 aliphatic heterocycles. The molecule has 0 amide bonds. The molecule has 0 bridgehead atoms. The van der Waals surface area contributed by atoms with Gasteiger partial charge in [0.05, 0.1) is 18.3 Å². The number of nitrogens with zero attached hydrogens (tertiary/aromatic N) is 2. The Morgan fingerprint density at radius 3 is 2.55 bits per heavy atom. The van der Waals surface area contributed by atoms with Crippen LogP contribution in [0.4, 0.5) is 0 Å². The lowest BCUT2D eigenvalue weighted by atomic mass is 10.1. The zero-order valence-electron chi connectivity index (χ0n) is 16.3. The minimum Gasteiger partial charge on any atom is -0.491 e. The maximum Gasteiger partial charge on any atom is 0.262 e. The largest absolute Gasteiger partial charge is 0.491 e. The Balaban J connectivity index is 1.55. The Bertz CT molecular complexity index is 1180.